The zero-order valence-corrected chi connectivity index (χ0v) is 24.0. The van der Waals surface area contributed by atoms with Crippen LogP contribution in [-0.4, -0.2) is 5.90 Å². The first-order chi connectivity index (χ1) is 20.9. The Kier molecular flexibility index (Phi) is 7.46. The predicted molar refractivity (Wildman–Crippen MR) is 177 cm³/mol. The van der Waals surface area contributed by atoms with E-state index in [1.54, 1.807) is 0 Å². The Hall–Kier alpha value is -4.78. The smallest absolute Gasteiger partial charge is 0.218 e. The fraction of sp³-hybridized carbons (Fsp3) is 0.0513. The highest BCUT2D eigenvalue weighted by molar-refractivity contribution is 7.80. The van der Waals surface area contributed by atoms with E-state index in [4.69, 9.17) is 9.73 Å². The normalized spacial score (nSPS) is 16.2. The summed E-state index contributed by atoms with van der Waals surface area (Å²) < 4.78 is 6.79. The van der Waals surface area contributed by atoms with Crippen molar-refractivity contribution >= 4 is 29.7 Å². The van der Waals surface area contributed by atoms with Crippen molar-refractivity contribution < 1.29 is 4.74 Å². The second-order valence-corrected chi connectivity index (χ2v) is 12.5. The van der Waals surface area contributed by atoms with Crippen molar-refractivity contribution in [3.63, 3.8) is 0 Å². The standard InChI is InChI=1S/C39H30NOP/c1-5-17-29(18-6-1)37-38(30-19-7-2-8-20-30)41-39(40-37)35-27-14-13-25-33(35)34-26-15-16-28-36(34)42(31-21-9-3-10-22-31)32-23-11-4-12-24-32/h1-28,37-38H/t37-,38+/m1/s1. The minimum Gasteiger partial charge on any atom is -0.467 e. The van der Waals surface area contributed by atoms with Crippen molar-refractivity contribution in [1.82, 2.24) is 0 Å². The number of aliphatic imine (C=N–C) groups is 1. The molecular weight excluding hydrogens is 529 g/mol. The van der Waals surface area contributed by atoms with E-state index in [1.807, 2.05) is 12.1 Å². The summed E-state index contributed by atoms with van der Waals surface area (Å²) in [5, 5.41) is 3.97. The third kappa shape index (κ3) is 5.18. The van der Waals surface area contributed by atoms with Crippen LogP contribution < -0.4 is 15.9 Å². The van der Waals surface area contributed by atoms with Crippen molar-refractivity contribution in [2.45, 2.75) is 12.1 Å². The van der Waals surface area contributed by atoms with Crippen LogP contribution in [0.1, 0.15) is 28.8 Å². The molecule has 0 unspecified atom stereocenters. The molecule has 0 N–H and O–H groups in total. The van der Waals surface area contributed by atoms with Gasteiger partial charge in [0.25, 0.3) is 0 Å². The summed E-state index contributed by atoms with van der Waals surface area (Å²) in [6.07, 6.45) is -0.197. The molecule has 0 aliphatic carbocycles. The van der Waals surface area contributed by atoms with Gasteiger partial charge in [0.15, 0.2) is 6.10 Å². The predicted octanol–water partition coefficient (Wildman–Crippen LogP) is 8.37. The number of nitrogens with zero attached hydrogens (tertiary/aromatic N) is 1. The summed E-state index contributed by atoms with van der Waals surface area (Å²) in [5.74, 6) is 0.687. The minimum absolute atomic E-state index is 0.127. The van der Waals surface area contributed by atoms with E-state index in [9.17, 15) is 0 Å². The van der Waals surface area contributed by atoms with Gasteiger partial charge < -0.3 is 4.74 Å². The van der Waals surface area contributed by atoms with E-state index in [-0.39, 0.29) is 12.1 Å². The van der Waals surface area contributed by atoms with Crippen molar-refractivity contribution in [2.75, 3.05) is 0 Å². The van der Waals surface area contributed by atoms with Gasteiger partial charge in [0.05, 0.1) is 0 Å². The highest BCUT2D eigenvalue weighted by Crippen LogP contribution is 2.43. The lowest BCUT2D eigenvalue weighted by Gasteiger charge is -2.23. The molecule has 1 heterocycles. The first-order valence-corrected chi connectivity index (χ1v) is 15.6. The maximum Gasteiger partial charge on any atom is 0.218 e. The van der Waals surface area contributed by atoms with Gasteiger partial charge in [-0.05, 0) is 52.2 Å². The first kappa shape index (κ1) is 26.1. The van der Waals surface area contributed by atoms with Crippen LogP contribution in [0.2, 0.25) is 0 Å². The number of hydrogen-bond acceptors (Lipinski definition) is 2. The molecular formula is C39H30NOP. The van der Waals surface area contributed by atoms with Gasteiger partial charge in [-0.1, -0.05) is 164 Å². The third-order valence-electron chi connectivity index (χ3n) is 7.67. The van der Waals surface area contributed by atoms with Gasteiger partial charge in [0, 0.05) is 5.56 Å². The molecule has 0 saturated heterocycles. The quantitative estimate of drug-likeness (QED) is 0.180. The van der Waals surface area contributed by atoms with Gasteiger partial charge in [0.1, 0.15) is 6.04 Å². The number of ether oxygens (including phenoxy) is 1. The summed E-state index contributed by atoms with van der Waals surface area (Å²) in [6.45, 7) is 0. The molecule has 6 aromatic rings. The lowest BCUT2D eigenvalue weighted by atomic mass is 9.97. The highest BCUT2D eigenvalue weighted by Gasteiger charge is 2.35. The van der Waals surface area contributed by atoms with Gasteiger partial charge in [-0.2, -0.15) is 0 Å². The van der Waals surface area contributed by atoms with Crippen molar-refractivity contribution in [3.05, 3.63) is 187 Å². The molecule has 0 radical (unpaired) electrons. The molecule has 0 bridgehead atoms. The van der Waals surface area contributed by atoms with Crippen LogP contribution in [-0.2, 0) is 4.74 Å². The molecule has 1 aliphatic heterocycles. The summed E-state index contributed by atoms with van der Waals surface area (Å²) in [6, 6.07) is 59.9. The largest absolute Gasteiger partial charge is 0.467 e. The van der Waals surface area contributed by atoms with Gasteiger partial charge in [-0.25, -0.2) is 4.99 Å². The Bertz CT molecular complexity index is 1760. The molecule has 2 atom stereocenters. The van der Waals surface area contributed by atoms with Crippen LogP contribution in [0.25, 0.3) is 11.1 Å². The summed E-state index contributed by atoms with van der Waals surface area (Å²) in [5.41, 5.74) is 5.63. The van der Waals surface area contributed by atoms with E-state index >= 15 is 0 Å². The molecule has 3 heteroatoms. The van der Waals surface area contributed by atoms with Crippen LogP contribution >= 0.6 is 7.92 Å². The van der Waals surface area contributed by atoms with Crippen molar-refractivity contribution in [1.29, 1.82) is 0 Å². The lowest BCUT2D eigenvalue weighted by Crippen LogP contribution is -2.22. The molecule has 7 rings (SSSR count). The zero-order valence-electron chi connectivity index (χ0n) is 23.1. The monoisotopic (exact) mass is 559 g/mol. The second kappa shape index (κ2) is 12.0. The maximum absolute atomic E-state index is 6.79. The Morgan fingerprint density at radius 1 is 0.429 bits per heavy atom. The summed E-state index contributed by atoms with van der Waals surface area (Å²) in [4.78, 5) is 5.26. The summed E-state index contributed by atoms with van der Waals surface area (Å²) in [7, 11) is -0.786. The van der Waals surface area contributed by atoms with E-state index in [0.29, 0.717) is 5.90 Å². The van der Waals surface area contributed by atoms with Crippen LogP contribution in [0.15, 0.2) is 175 Å². The Labute approximate surface area is 248 Å². The lowest BCUT2D eigenvalue weighted by molar-refractivity contribution is 0.197. The maximum atomic E-state index is 6.79. The average Bonchev–Trinajstić information content (AvgIpc) is 3.53. The van der Waals surface area contributed by atoms with Gasteiger partial charge in [0.2, 0.25) is 5.90 Å². The Morgan fingerprint density at radius 3 is 1.48 bits per heavy atom. The minimum atomic E-state index is -0.786. The molecule has 0 spiro atoms. The Balaban J connectivity index is 1.36. The van der Waals surface area contributed by atoms with Crippen molar-refractivity contribution in [3.8, 4) is 11.1 Å². The first-order valence-electron chi connectivity index (χ1n) is 14.3. The van der Waals surface area contributed by atoms with E-state index < -0.39 is 7.92 Å². The van der Waals surface area contributed by atoms with Crippen LogP contribution in [0, 0.1) is 0 Å². The summed E-state index contributed by atoms with van der Waals surface area (Å²) >= 11 is 0. The number of rotatable bonds is 7. The third-order valence-corrected chi connectivity index (χ3v) is 10.2. The van der Waals surface area contributed by atoms with Crippen molar-refractivity contribution in [2.24, 2.45) is 4.99 Å². The molecule has 0 saturated carbocycles. The molecule has 2 nitrogen and oxygen atoms in total. The van der Waals surface area contributed by atoms with E-state index in [2.05, 4.69) is 158 Å². The van der Waals surface area contributed by atoms with Crippen LogP contribution in [0.4, 0.5) is 0 Å². The van der Waals surface area contributed by atoms with Crippen LogP contribution in [0.5, 0.6) is 0 Å². The average molecular weight is 560 g/mol. The fourth-order valence-electron chi connectivity index (χ4n) is 5.72. The molecule has 202 valence electrons. The molecule has 1 aliphatic rings. The molecule has 6 aromatic carbocycles. The van der Waals surface area contributed by atoms with Gasteiger partial charge in [-0.15, -0.1) is 0 Å². The molecule has 0 amide bonds. The van der Waals surface area contributed by atoms with E-state index in [0.717, 1.165) is 22.3 Å². The second-order valence-electron chi connectivity index (χ2n) is 10.3. The highest BCUT2D eigenvalue weighted by atomic mass is 31.1. The molecule has 0 aromatic heterocycles. The SMILES string of the molecule is c1ccc([C@H]2N=C(c3ccccc3-c3ccccc3P(c3ccccc3)c3ccccc3)O[C@H]2c2ccccc2)cc1. The molecule has 0 fully saturated rings. The van der Waals surface area contributed by atoms with Gasteiger partial charge in [-0.3, -0.25) is 0 Å². The Morgan fingerprint density at radius 2 is 0.881 bits per heavy atom. The van der Waals surface area contributed by atoms with Gasteiger partial charge >= 0.3 is 0 Å². The number of benzene rings is 6. The van der Waals surface area contributed by atoms with Crippen LogP contribution in [0.3, 0.4) is 0 Å². The number of hydrogen-bond donors (Lipinski definition) is 0. The molecule has 42 heavy (non-hydrogen) atoms. The topological polar surface area (TPSA) is 21.6 Å². The van der Waals surface area contributed by atoms with E-state index in [1.165, 1.54) is 21.5 Å². The zero-order chi connectivity index (χ0) is 28.1. The fourth-order valence-corrected chi connectivity index (χ4v) is 8.18.